The van der Waals surface area contributed by atoms with E-state index in [1.807, 2.05) is 18.2 Å². The van der Waals surface area contributed by atoms with Crippen LogP contribution in [-0.2, 0) is 9.47 Å². The lowest BCUT2D eigenvalue weighted by Gasteiger charge is -2.15. The molecule has 0 aromatic heterocycles. The first-order chi connectivity index (χ1) is 8.76. The van der Waals surface area contributed by atoms with Crippen molar-refractivity contribution in [2.45, 2.75) is 6.10 Å². The molecule has 0 heterocycles. The summed E-state index contributed by atoms with van der Waals surface area (Å²) in [6, 6.07) is 8.13. The molecule has 4 nitrogen and oxygen atoms in total. The fourth-order valence-electron chi connectivity index (χ4n) is 1.55. The third-order valence-corrected chi connectivity index (χ3v) is 3.01. The molecule has 1 unspecified atom stereocenters. The maximum atomic E-state index is 5.26. The van der Waals surface area contributed by atoms with Crippen molar-refractivity contribution < 1.29 is 9.47 Å². The zero-order chi connectivity index (χ0) is 13.2. The Balaban J connectivity index is 2.11. The lowest BCUT2D eigenvalue weighted by molar-refractivity contribution is 0.0292. The molecule has 1 aromatic carbocycles. The van der Waals surface area contributed by atoms with Gasteiger partial charge in [0.2, 0.25) is 0 Å². The van der Waals surface area contributed by atoms with Crippen LogP contribution in [0.25, 0.3) is 0 Å². The maximum absolute atomic E-state index is 5.26. The number of nitrogens with one attached hydrogen (secondary N) is 2. The summed E-state index contributed by atoms with van der Waals surface area (Å²) in [5.41, 5.74) is 1.12. The molecule has 0 spiro atoms. The van der Waals surface area contributed by atoms with Crippen molar-refractivity contribution in [2.24, 2.45) is 0 Å². The van der Waals surface area contributed by atoms with Gasteiger partial charge in [-0.15, -0.1) is 0 Å². The molecule has 0 aliphatic rings. The molecule has 0 aliphatic heterocycles. The van der Waals surface area contributed by atoms with Gasteiger partial charge in [0.25, 0.3) is 0 Å². The van der Waals surface area contributed by atoms with Crippen LogP contribution in [0.2, 0.25) is 0 Å². The number of rotatable bonds is 9. The second-order valence-electron chi connectivity index (χ2n) is 3.95. The quantitative estimate of drug-likeness (QED) is 0.685. The first-order valence-corrected chi connectivity index (χ1v) is 6.77. The van der Waals surface area contributed by atoms with Gasteiger partial charge in [-0.2, -0.15) is 0 Å². The molecular formula is C13H21BrN2O2. The van der Waals surface area contributed by atoms with Crippen molar-refractivity contribution in [1.29, 1.82) is 0 Å². The topological polar surface area (TPSA) is 42.5 Å². The predicted octanol–water partition coefficient (Wildman–Crippen LogP) is 2.11. The van der Waals surface area contributed by atoms with E-state index in [9.17, 15) is 0 Å². The Bertz CT molecular complexity index is 337. The van der Waals surface area contributed by atoms with Gasteiger partial charge in [-0.05, 0) is 18.2 Å². The van der Waals surface area contributed by atoms with Crippen LogP contribution in [0.4, 0.5) is 5.69 Å². The molecule has 5 heteroatoms. The Labute approximate surface area is 117 Å². The number of ether oxygens (including phenoxy) is 2. The summed E-state index contributed by atoms with van der Waals surface area (Å²) >= 11 is 3.44. The Hall–Kier alpha value is -0.620. The molecule has 0 radical (unpaired) electrons. The first-order valence-electron chi connectivity index (χ1n) is 5.98. The van der Waals surface area contributed by atoms with Gasteiger partial charge < -0.3 is 20.1 Å². The van der Waals surface area contributed by atoms with Crippen LogP contribution in [0, 0.1) is 0 Å². The van der Waals surface area contributed by atoms with E-state index in [-0.39, 0.29) is 6.10 Å². The second-order valence-corrected chi connectivity index (χ2v) is 4.87. The monoisotopic (exact) mass is 316 g/mol. The maximum Gasteiger partial charge on any atom is 0.0928 e. The molecule has 2 N–H and O–H groups in total. The minimum Gasteiger partial charge on any atom is -0.384 e. The first kappa shape index (κ1) is 15.4. The van der Waals surface area contributed by atoms with Crippen LogP contribution in [0.3, 0.4) is 0 Å². The summed E-state index contributed by atoms with van der Waals surface area (Å²) in [7, 11) is 3.38. The average molecular weight is 317 g/mol. The van der Waals surface area contributed by atoms with E-state index in [0.29, 0.717) is 6.61 Å². The summed E-state index contributed by atoms with van der Waals surface area (Å²) in [4.78, 5) is 0. The zero-order valence-electron chi connectivity index (χ0n) is 10.9. The van der Waals surface area contributed by atoms with Crippen LogP contribution in [0.1, 0.15) is 0 Å². The molecule has 0 amide bonds. The summed E-state index contributed by atoms with van der Waals surface area (Å²) < 4.78 is 11.4. The van der Waals surface area contributed by atoms with Crippen molar-refractivity contribution in [1.82, 2.24) is 5.32 Å². The standard InChI is InChI=1S/C13H21BrN2O2/c1-17-10-13(18-2)9-15-6-7-16-12-5-3-4-11(14)8-12/h3-5,8,13,15-16H,6-7,9-10H2,1-2H3. The summed E-state index contributed by atoms with van der Waals surface area (Å²) in [6.07, 6.45) is 0.112. The number of methoxy groups -OCH3 is 2. The van der Waals surface area contributed by atoms with Crippen molar-refractivity contribution in [2.75, 3.05) is 45.8 Å². The smallest absolute Gasteiger partial charge is 0.0928 e. The van der Waals surface area contributed by atoms with Crippen molar-refractivity contribution in [3.8, 4) is 0 Å². The highest BCUT2D eigenvalue weighted by atomic mass is 79.9. The third kappa shape index (κ3) is 6.35. The second kappa shape index (κ2) is 9.33. The van der Waals surface area contributed by atoms with Crippen LogP contribution in [-0.4, -0.2) is 46.6 Å². The highest BCUT2D eigenvalue weighted by Gasteiger charge is 2.04. The molecule has 0 bridgehead atoms. The summed E-state index contributed by atoms with van der Waals surface area (Å²) in [5.74, 6) is 0. The fourth-order valence-corrected chi connectivity index (χ4v) is 1.95. The molecule has 1 rings (SSSR count). The number of halogens is 1. The third-order valence-electron chi connectivity index (χ3n) is 2.51. The van der Waals surface area contributed by atoms with E-state index in [1.54, 1.807) is 14.2 Å². The van der Waals surface area contributed by atoms with E-state index < -0.39 is 0 Å². The zero-order valence-corrected chi connectivity index (χ0v) is 12.5. The largest absolute Gasteiger partial charge is 0.384 e. The molecule has 102 valence electrons. The highest BCUT2D eigenvalue weighted by molar-refractivity contribution is 9.10. The number of anilines is 1. The number of benzene rings is 1. The Morgan fingerprint density at radius 1 is 1.28 bits per heavy atom. The molecule has 0 saturated carbocycles. The highest BCUT2D eigenvalue weighted by Crippen LogP contribution is 2.14. The van der Waals surface area contributed by atoms with Crippen LogP contribution < -0.4 is 10.6 Å². The van der Waals surface area contributed by atoms with Crippen LogP contribution in [0.5, 0.6) is 0 Å². The SMILES string of the molecule is COCC(CNCCNc1cccc(Br)c1)OC. The van der Waals surface area contributed by atoms with E-state index in [1.165, 1.54) is 0 Å². The van der Waals surface area contributed by atoms with Gasteiger partial charge in [-0.1, -0.05) is 22.0 Å². The molecule has 0 saturated heterocycles. The van der Waals surface area contributed by atoms with E-state index in [0.717, 1.165) is 29.8 Å². The summed E-state index contributed by atoms with van der Waals surface area (Å²) in [6.45, 7) is 3.17. The van der Waals surface area contributed by atoms with Crippen LogP contribution in [0.15, 0.2) is 28.7 Å². The molecule has 0 fully saturated rings. The van der Waals surface area contributed by atoms with Crippen LogP contribution >= 0.6 is 15.9 Å². The molecular weight excluding hydrogens is 296 g/mol. The van der Waals surface area contributed by atoms with E-state index >= 15 is 0 Å². The Morgan fingerprint density at radius 3 is 2.78 bits per heavy atom. The van der Waals surface area contributed by atoms with Gasteiger partial charge >= 0.3 is 0 Å². The molecule has 1 aromatic rings. The van der Waals surface area contributed by atoms with E-state index in [4.69, 9.17) is 9.47 Å². The number of hydrogen-bond donors (Lipinski definition) is 2. The molecule has 18 heavy (non-hydrogen) atoms. The Morgan fingerprint density at radius 2 is 2.11 bits per heavy atom. The minimum atomic E-state index is 0.112. The van der Waals surface area contributed by atoms with Gasteiger partial charge in [-0.3, -0.25) is 0 Å². The fraction of sp³-hybridized carbons (Fsp3) is 0.538. The van der Waals surface area contributed by atoms with E-state index in [2.05, 4.69) is 32.6 Å². The van der Waals surface area contributed by atoms with Gasteiger partial charge in [-0.25, -0.2) is 0 Å². The molecule has 1 atom stereocenters. The van der Waals surface area contributed by atoms with Gasteiger partial charge in [0.05, 0.1) is 12.7 Å². The van der Waals surface area contributed by atoms with Gasteiger partial charge in [0, 0.05) is 44.0 Å². The van der Waals surface area contributed by atoms with Gasteiger partial charge in [0.15, 0.2) is 0 Å². The Kier molecular flexibility index (Phi) is 8.00. The van der Waals surface area contributed by atoms with Crippen molar-refractivity contribution >= 4 is 21.6 Å². The minimum absolute atomic E-state index is 0.112. The molecule has 0 aliphatic carbocycles. The lowest BCUT2D eigenvalue weighted by atomic mass is 10.3. The predicted molar refractivity (Wildman–Crippen MR) is 78.2 cm³/mol. The summed E-state index contributed by atoms with van der Waals surface area (Å²) in [5, 5.41) is 6.67. The average Bonchev–Trinajstić information content (AvgIpc) is 2.37. The van der Waals surface area contributed by atoms with Crippen molar-refractivity contribution in [3.63, 3.8) is 0 Å². The van der Waals surface area contributed by atoms with Gasteiger partial charge in [0.1, 0.15) is 0 Å². The normalized spacial score (nSPS) is 12.4. The number of hydrogen-bond acceptors (Lipinski definition) is 4. The van der Waals surface area contributed by atoms with Crippen molar-refractivity contribution in [3.05, 3.63) is 28.7 Å². The lowest BCUT2D eigenvalue weighted by Crippen LogP contribution is -2.34.